The molecule has 0 aromatic heterocycles. The van der Waals surface area contributed by atoms with E-state index in [4.69, 9.17) is 0 Å². The van der Waals surface area contributed by atoms with Crippen molar-refractivity contribution in [2.24, 2.45) is 5.92 Å². The van der Waals surface area contributed by atoms with Crippen molar-refractivity contribution in [3.8, 4) is 0 Å². The van der Waals surface area contributed by atoms with E-state index in [0.717, 1.165) is 49.6 Å². The third kappa shape index (κ3) is 3.15. The van der Waals surface area contributed by atoms with Crippen LogP contribution in [0.3, 0.4) is 0 Å². The summed E-state index contributed by atoms with van der Waals surface area (Å²) in [4.78, 5) is 2.46. The van der Waals surface area contributed by atoms with Crippen LogP contribution in [0.5, 0.6) is 0 Å². The molecule has 1 N–H and O–H groups in total. The van der Waals surface area contributed by atoms with E-state index in [2.05, 4.69) is 10.2 Å². The van der Waals surface area contributed by atoms with Crippen molar-refractivity contribution in [1.82, 2.24) is 10.2 Å². The van der Waals surface area contributed by atoms with Gasteiger partial charge in [-0.1, -0.05) is 25.0 Å². The first-order chi connectivity index (χ1) is 9.24. The van der Waals surface area contributed by atoms with Gasteiger partial charge in [0.25, 0.3) is 0 Å². The number of aryl methyl sites for hydroxylation is 1. The molecular formula is C16H23FN2. The Morgan fingerprint density at radius 1 is 1.32 bits per heavy atom. The zero-order valence-corrected chi connectivity index (χ0v) is 11.7. The Bertz CT molecular complexity index is 436. The monoisotopic (exact) mass is 262 g/mol. The number of benzene rings is 1. The van der Waals surface area contributed by atoms with Crippen LogP contribution in [0.15, 0.2) is 18.2 Å². The largest absolute Gasteiger partial charge is 0.314 e. The van der Waals surface area contributed by atoms with Crippen LogP contribution in [0.2, 0.25) is 0 Å². The maximum absolute atomic E-state index is 14.3. The Kier molecular flexibility index (Phi) is 3.85. The number of hydrogen-bond acceptors (Lipinski definition) is 2. The van der Waals surface area contributed by atoms with Crippen LogP contribution >= 0.6 is 0 Å². The van der Waals surface area contributed by atoms with E-state index in [1.807, 2.05) is 19.1 Å². The molecule has 2 nitrogen and oxygen atoms in total. The third-order valence-corrected chi connectivity index (χ3v) is 4.36. The zero-order chi connectivity index (χ0) is 13.2. The van der Waals surface area contributed by atoms with Crippen molar-refractivity contribution < 1.29 is 4.39 Å². The van der Waals surface area contributed by atoms with Gasteiger partial charge in [-0.3, -0.25) is 4.90 Å². The third-order valence-electron chi connectivity index (χ3n) is 4.36. The van der Waals surface area contributed by atoms with Gasteiger partial charge in [0.2, 0.25) is 0 Å². The van der Waals surface area contributed by atoms with Crippen LogP contribution in [0, 0.1) is 18.7 Å². The van der Waals surface area contributed by atoms with Gasteiger partial charge >= 0.3 is 0 Å². The van der Waals surface area contributed by atoms with E-state index in [1.54, 1.807) is 6.07 Å². The van der Waals surface area contributed by atoms with Crippen molar-refractivity contribution >= 4 is 0 Å². The fourth-order valence-corrected chi connectivity index (χ4v) is 3.04. The Morgan fingerprint density at radius 3 is 2.68 bits per heavy atom. The summed E-state index contributed by atoms with van der Waals surface area (Å²) in [6.07, 6.45) is 3.78. The van der Waals surface area contributed by atoms with Crippen molar-refractivity contribution in [2.45, 2.75) is 32.2 Å². The average molecular weight is 262 g/mol. The number of nitrogens with one attached hydrogen (secondary N) is 1. The van der Waals surface area contributed by atoms with E-state index < -0.39 is 0 Å². The van der Waals surface area contributed by atoms with Gasteiger partial charge in [-0.05, 0) is 30.9 Å². The topological polar surface area (TPSA) is 15.3 Å². The van der Waals surface area contributed by atoms with Crippen molar-refractivity contribution in [1.29, 1.82) is 0 Å². The van der Waals surface area contributed by atoms with E-state index in [1.165, 1.54) is 12.8 Å². The number of halogens is 1. The summed E-state index contributed by atoms with van der Waals surface area (Å²) >= 11 is 0. The molecule has 1 heterocycles. The minimum absolute atomic E-state index is 0.0239. The fraction of sp³-hybridized carbons (Fsp3) is 0.625. The van der Waals surface area contributed by atoms with E-state index in [9.17, 15) is 4.39 Å². The highest BCUT2D eigenvalue weighted by atomic mass is 19.1. The number of rotatable bonds is 4. The van der Waals surface area contributed by atoms with Crippen LogP contribution in [-0.4, -0.2) is 31.1 Å². The molecule has 1 saturated heterocycles. The zero-order valence-electron chi connectivity index (χ0n) is 11.7. The van der Waals surface area contributed by atoms with Crippen molar-refractivity contribution in [3.63, 3.8) is 0 Å². The molecular weight excluding hydrogens is 239 g/mol. The molecule has 1 aliphatic carbocycles. The minimum atomic E-state index is -0.0239. The van der Waals surface area contributed by atoms with Crippen LogP contribution in [0.25, 0.3) is 0 Å². The van der Waals surface area contributed by atoms with Gasteiger partial charge in [-0.15, -0.1) is 0 Å². The van der Waals surface area contributed by atoms with Gasteiger partial charge in [0.1, 0.15) is 5.82 Å². The van der Waals surface area contributed by atoms with Gasteiger partial charge in [0.15, 0.2) is 0 Å². The summed E-state index contributed by atoms with van der Waals surface area (Å²) in [5, 5.41) is 3.38. The van der Waals surface area contributed by atoms with Gasteiger partial charge in [-0.25, -0.2) is 4.39 Å². The van der Waals surface area contributed by atoms with Gasteiger partial charge in [0, 0.05) is 37.8 Å². The molecule has 2 aliphatic rings. The molecule has 1 aliphatic heterocycles. The summed E-state index contributed by atoms with van der Waals surface area (Å²) in [5.41, 5.74) is 1.91. The first kappa shape index (κ1) is 13.1. The first-order valence-electron chi connectivity index (χ1n) is 7.45. The molecule has 1 atom stereocenters. The number of hydrogen-bond donors (Lipinski definition) is 1. The normalized spacial score (nSPS) is 22.4. The van der Waals surface area contributed by atoms with E-state index in [0.29, 0.717) is 0 Å². The second kappa shape index (κ2) is 5.59. The second-order valence-corrected chi connectivity index (χ2v) is 6.01. The summed E-state index contributed by atoms with van der Waals surface area (Å²) < 4.78 is 14.3. The molecule has 0 unspecified atom stereocenters. The van der Waals surface area contributed by atoms with Crippen molar-refractivity contribution in [3.05, 3.63) is 35.1 Å². The molecule has 1 saturated carbocycles. The molecule has 104 valence electrons. The number of piperazine rings is 1. The lowest BCUT2D eigenvalue weighted by molar-refractivity contribution is 0.157. The lowest BCUT2D eigenvalue weighted by Crippen LogP contribution is -2.45. The molecule has 0 spiro atoms. The SMILES string of the molecule is Cc1ccc([C@@H](CC2CC2)N2CCNCC2)c(F)c1. The highest BCUT2D eigenvalue weighted by Gasteiger charge is 2.31. The lowest BCUT2D eigenvalue weighted by atomic mass is 9.97. The molecule has 1 aromatic rings. The summed E-state index contributed by atoms with van der Waals surface area (Å²) in [5.74, 6) is 0.796. The highest BCUT2D eigenvalue weighted by Crippen LogP contribution is 2.40. The minimum Gasteiger partial charge on any atom is -0.314 e. The van der Waals surface area contributed by atoms with Crippen LogP contribution in [0.1, 0.15) is 36.4 Å². The average Bonchev–Trinajstić information content (AvgIpc) is 3.22. The second-order valence-electron chi connectivity index (χ2n) is 6.01. The Morgan fingerprint density at radius 2 is 2.05 bits per heavy atom. The molecule has 0 amide bonds. The molecule has 0 radical (unpaired) electrons. The Labute approximate surface area is 115 Å². The van der Waals surface area contributed by atoms with Gasteiger partial charge < -0.3 is 5.32 Å². The Balaban J connectivity index is 1.83. The number of nitrogens with zero attached hydrogens (tertiary/aromatic N) is 1. The maximum Gasteiger partial charge on any atom is 0.128 e. The smallest absolute Gasteiger partial charge is 0.128 e. The van der Waals surface area contributed by atoms with Crippen LogP contribution in [0.4, 0.5) is 4.39 Å². The molecule has 3 rings (SSSR count). The predicted molar refractivity (Wildman–Crippen MR) is 75.7 cm³/mol. The summed E-state index contributed by atoms with van der Waals surface area (Å²) in [6.45, 7) is 6.06. The summed E-state index contributed by atoms with van der Waals surface area (Å²) in [7, 11) is 0. The molecule has 3 heteroatoms. The lowest BCUT2D eigenvalue weighted by Gasteiger charge is -2.35. The Hall–Kier alpha value is -0.930. The maximum atomic E-state index is 14.3. The first-order valence-corrected chi connectivity index (χ1v) is 7.45. The highest BCUT2D eigenvalue weighted by molar-refractivity contribution is 5.26. The molecule has 2 fully saturated rings. The standard InChI is InChI=1S/C16H23FN2/c1-12-2-5-14(15(17)10-12)16(11-13-3-4-13)19-8-6-18-7-9-19/h2,5,10,13,16,18H,3-4,6-9,11H2,1H3/t16-/m1/s1. The fourth-order valence-electron chi connectivity index (χ4n) is 3.04. The molecule has 19 heavy (non-hydrogen) atoms. The van der Waals surface area contributed by atoms with Crippen molar-refractivity contribution in [2.75, 3.05) is 26.2 Å². The molecule has 0 bridgehead atoms. The van der Waals surface area contributed by atoms with Crippen LogP contribution < -0.4 is 5.32 Å². The van der Waals surface area contributed by atoms with E-state index in [-0.39, 0.29) is 11.9 Å². The van der Waals surface area contributed by atoms with Crippen LogP contribution in [-0.2, 0) is 0 Å². The van der Waals surface area contributed by atoms with E-state index >= 15 is 0 Å². The quantitative estimate of drug-likeness (QED) is 0.897. The molecule has 1 aromatic carbocycles. The van der Waals surface area contributed by atoms with Gasteiger partial charge in [0.05, 0.1) is 0 Å². The van der Waals surface area contributed by atoms with Gasteiger partial charge in [-0.2, -0.15) is 0 Å². The summed E-state index contributed by atoms with van der Waals surface area (Å²) in [6, 6.07) is 5.99. The predicted octanol–water partition coefficient (Wildman–Crippen LogP) is 2.88.